The summed E-state index contributed by atoms with van der Waals surface area (Å²) in [4.78, 5) is 17.1. The van der Waals surface area contributed by atoms with Crippen LogP contribution < -0.4 is 5.32 Å². The molecule has 1 amide bonds. The van der Waals surface area contributed by atoms with E-state index in [-0.39, 0.29) is 22.9 Å². The van der Waals surface area contributed by atoms with Gasteiger partial charge in [-0.2, -0.15) is 9.29 Å². The Balaban J connectivity index is 1.46. The zero-order chi connectivity index (χ0) is 22.0. The van der Waals surface area contributed by atoms with Crippen LogP contribution in [0.3, 0.4) is 0 Å². The number of rotatable bonds is 6. The van der Waals surface area contributed by atoms with Gasteiger partial charge in [0.15, 0.2) is 0 Å². The van der Waals surface area contributed by atoms with Gasteiger partial charge in [-0.1, -0.05) is 41.1 Å². The molecule has 0 aliphatic carbocycles. The largest absolute Gasteiger partial charge is 0.343 e. The number of aryl methyl sites for hydroxylation is 2. The van der Waals surface area contributed by atoms with Crippen molar-refractivity contribution in [3.8, 4) is 11.4 Å². The number of hydrogen-bond acceptors (Lipinski definition) is 6. The van der Waals surface area contributed by atoms with Gasteiger partial charge >= 0.3 is 0 Å². The molecule has 0 bridgehead atoms. The molecule has 1 saturated heterocycles. The van der Waals surface area contributed by atoms with Gasteiger partial charge in [0.05, 0.1) is 11.4 Å². The molecule has 0 spiro atoms. The molecule has 2 aromatic carbocycles. The summed E-state index contributed by atoms with van der Waals surface area (Å²) in [6.07, 6.45) is 1.71. The summed E-state index contributed by atoms with van der Waals surface area (Å²) in [6, 6.07) is 12.4. The Kier molecular flexibility index (Phi) is 5.88. The summed E-state index contributed by atoms with van der Waals surface area (Å²) in [5.74, 6) is 0.299. The van der Waals surface area contributed by atoms with Gasteiger partial charge in [0, 0.05) is 24.2 Å². The van der Waals surface area contributed by atoms with E-state index in [0.29, 0.717) is 24.5 Å². The molecular formula is C22H24N4O4S. The van der Waals surface area contributed by atoms with Crippen LogP contribution in [0.15, 0.2) is 51.9 Å². The van der Waals surface area contributed by atoms with E-state index in [1.807, 2.05) is 31.2 Å². The Morgan fingerprint density at radius 1 is 1.10 bits per heavy atom. The first-order chi connectivity index (χ1) is 14.8. The van der Waals surface area contributed by atoms with Gasteiger partial charge in [-0.25, -0.2) is 8.42 Å². The van der Waals surface area contributed by atoms with Crippen LogP contribution in [0, 0.1) is 13.8 Å². The average Bonchev–Trinajstić information content (AvgIpc) is 3.45. The second kappa shape index (κ2) is 8.60. The van der Waals surface area contributed by atoms with Crippen molar-refractivity contribution < 1.29 is 17.7 Å². The molecule has 0 unspecified atom stereocenters. The first-order valence-corrected chi connectivity index (χ1v) is 11.6. The number of benzene rings is 2. The van der Waals surface area contributed by atoms with Crippen LogP contribution in [0.4, 0.5) is 0 Å². The zero-order valence-corrected chi connectivity index (χ0v) is 18.3. The van der Waals surface area contributed by atoms with Crippen LogP contribution in [0.25, 0.3) is 11.4 Å². The molecule has 4 rings (SSSR count). The predicted octanol–water partition coefficient (Wildman–Crippen LogP) is 3.07. The average molecular weight is 441 g/mol. The van der Waals surface area contributed by atoms with Gasteiger partial charge in [0.2, 0.25) is 21.7 Å². The Bertz CT molecular complexity index is 1200. The minimum Gasteiger partial charge on any atom is -0.343 e. The fourth-order valence-electron chi connectivity index (χ4n) is 3.49. The van der Waals surface area contributed by atoms with Gasteiger partial charge < -0.3 is 9.84 Å². The third-order valence-electron chi connectivity index (χ3n) is 5.31. The molecule has 1 aromatic heterocycles. The molecule has 2 heterocycles. The highest BCUT2D eigenvalue weighted by Gasteiger charge is 2.29. The third kappa shape index (κ3) is 4.52. The highest BCUT2D eigenvalue weighted by molar-refractivity contribution is 7.89. The number of carbonyl (C=O) groups is 1. The third-order valence-corrected chi connectivity index (χ3v) is 7.35. The van der Waals surface area contributed by atoms with Gasteiger partial charge in [-0.15, -0.1) is 0 Å². The fraction of sp³-hybridized carbons (Fsp3) is 0.318. The van der Waals surface area contributed by atoms with Crippen molar-refractivity contribution in [2.75, 3.05) is 13.1 Å². The van der Waals surface area contributed by atoms with Crippen molar-refractivity contribution in [3.63, 3.8) is 0 Å². The lowest BCUT2D eigenvalue weighted by Crippen LogP contribution is -2.29. The van der Waals surface area contributed by atoms with Gasteiger partial charge in [-0.05, 0) is 44.4 Å². The predicted molar refractivity (Wildman–Crippen MR) is 115 cm³/mol. The summed E-state index contributed by atoms with van der Waals surface area (Å²) in [6.45, 7) is 4.79. The maximum atomic E-state index is 12.9. The molecule has 1 aliphatic rings. The molecule has 31 heavy (non-hydrogen) atoms. The standard InChI is InChI=1S/C22H24N4O4S/c1-15-5-8-17(9-6-15)21-24-20(30-25-21)14-23-22(27)18-10-7-16(2)19(13-18)31(28,29)26-11-3-4-12-26/h5-10,13H,3-4,11-12,14H2,1-2H3,(H,23,27). The lowest BCUT2D eigenvalue weighted by molar-refractivity contribution is 0.0946. The monoisotopic (exact) mass is 440 g/mol. The van der Waals surface area contributed by atoms with E-state index >= 15 is 0 Å². The second-order valence-electron chi connectivity index (χ2n) is 7.65. The van der Waals surface area contributed by atoms with Crippen molar-refractivity contribution in [3.05, 3.63) is 65.0 Å². The van der Waals surface area contributed by atoms with Gasteiger partial charge in [0.25, 0.3) is 5.91 Å². The Morgan fingerprint density at radius 3 is 2.52 bits per heavy atom. The minimum atomic E-state index is -3.61. The summed E-state index contributed by atoms with van der Waals surface area (Å²) in [5.41, 5.74) is 2.83. The lowest BCUT2D eigenvalue weighted by atomic mass is 10.1. The molecule has 3 aromatic rings. The molecule has 1 aliphatic heterocycles. The molecular weight excluding hydrogens is 416 g/mol. The maximum Gasteiger partial charge on any atom is 0.251 e. The molecule has 0 radical (unpaired) electrons. The summed E-state index contributed by atoms with van der Waals surface area (Å²) in [5, 5.41) is 6.66. The quantitative estimate of drug-likeness (QED) is 0.632. The Labute approximate surface area is 181 Å². The number of nitrogens with zero attached hydrogens (tertiary/aromatic N) is 3. The molecule has 8 nitrogen and oxygen atoms in total. The SMILES string of the molecule is Cc1ccc(-c2noc(CNC(=O)c3ccc(C)c(S(=O)(=O)N4CCCC4)c3)n2)cc1. The van der Waals surface area contributed by atoms with Crippen LogP contribution in [-0.4, -0.2) is 41.9 Å². The van der Waals surface area contributed by atoms with Gasteiger partial charge in [0.1, 0.15) is 0 Å². The number of hydrogen-bond donors (Lipinski definition) is 1. The van der Waals surface area contributed by atoms with Crippen LogP contribution in [-0.2, 0) is 16.6 Å². The number of amides is 1. The molecule has 9 heteroatoms. The number of aromatic nitrogens is 2. The highest BCUT2D eigenvalue weighted by atomic mass is 32.2. The van der Waals surface area contributed by atoms with Crippen molar-refractivity contribution in [2.45, 2.75) is 38.1 Å². The van der Waals surface area contributed by atoms with E-state index in [1.54, 1.807) is 19.1 Å². The number of carbonyl (C=O) groups excluding carboxylic acids is 1. The first kappa shape index (κ1) is 21.2. The van der Waals surface area contributed by atoms with E-state index in [4.69, 9.17) is 4.52 Å². The van der Waals surface area contributed by atoms with Crippen molar-refractivity contribution in [1.29, 1.82) is 0 Å². The van der Waals surface area contributed by atoms with Crippen LogP contribution in [0.1, 0.15) is 40.2 Å². The second-order valence-corrected chi connectivity index (χ2v) is 9.56. The van der Waals surface area contributed by atoms with E-state index in [9.17, 15) is 13.2 Å². The van der Waals surface area contributed by atoms with E-state index in [2.05, 4.69) is 15.5 Å². The Hall–Kier alpha value is -3.04. The van der Waals surface area contributed by atoms with Crippen LogP contribution in [0.5, 0.6) is 0 Å². The minimum absolute atomic E-state index is 0.0414. The van der Waals surface area contributed by atoms with E-state index < -0.39 is 15.9 Å². The molecule has 1 fully saturated rings. The van der Waals surface area contributed by atoms with E-state index in [1.165, 1.54) is 10.4 Å². The lowest BCUT2D eigenvalue weighted by Gasteiger charge is -2.17. The summed E-state index contributed by atoms with van der Waals surface area (Å²) < 4.78 is 32.6. The summed E-state index contributed by atoms with van der Waals surface area (Å²) in [7, 11) is -3.61. The maximum absolute atomic E-state index is 12.9. The first-order valence-electron chi connectivity index (χ1n) is 10.1. The van der Waals surface area contributed by atoms with Gasteiger partial charge in [-0.3, -0.25) is 4.79 Å². The smallest absolute Gasteiger partial charge is 0.251 e. The topological polar surface area (TPSA) is 105 Å². The normalized spacial score (nSPS) is 14.6. The Morgan fingerprint density at radius 2 is 1.81 bits per heavy atom. The highest BCUT2D eigenvalue weighted by Crippen LogP contribution is 2.24. The van der Waals surface area contributed by atoms with Crippen molar-refractivity contribution in [1.82, 2.24) is 19.8 Å². The summed E-state index contributed by atoms with van der Waals surface area (Å²) >= 11 is 0. The molecule has 0 saturated carbocycles. The number of sulfonamides is 1. The molecule has 1 N–H and O–H groups in total. The zero-order valence-electron chi connectivity index (χ0n) is 17.5. The molecule has 162 valence electrons. The molecule has 0 atom stereocenters. The van der Waals surface area contributed by atoms with Crippen molar-refractivity contribution >= 4 is 15.9 Å². The van der Waals surface area contributed by atoms with Crippen LogP contribution in [0.2, 0.25) is 0 Å². The number of nitrogens with one attached hydrogen (secondary N) is 1. The van der Waals surface area contributed by atoms with E-state index in [0.717, 1.165) is 24.0 Å². The van der Waals surface area contributed by atoms with Crippen LogP contribution >= 0.6 is 0 Å². The van der Waals surface area contributed by atoms with Crippen molar-refractivity contribution in [2.24, 2.45) is 0 Å². The fourth-order valence-corrected chi connectivity index (χ4v) is 5.26.